The Balaban J connectivity index is 2.01. The largest absolute Gasteiger partial charge is 0.361 e. The second-order valence-corrected chi connectivity index (χ2v) is 4.62. The summed E-state index contributed by atoms with van der Waals surface area (Å²) < 4.78 is 0. The highest BCUT2D eigenvalue weighted by Crippen LogP contribution is 2.20. The van der Waals surface area contributed by atoms with E-state index in [-0.39, 0.29) is 0 Å². The lowest BCUT2D eigenvalue weighted by Crippen LogP contribution is -1.67. The van der Waals surface area contributed by atoms with Crippen LogP contribution in [0.4, 0.5) is 0 Å². The Kier molecular flexibility index (Phi) is 2.35. The predicted octanol–water partition coefficient (Wildman–Crippen LogP) is 4.40. The van der Waals surface area contributed by atoms with Gasteiger partial charge in [0, 0.05) is 22.0 Å². The number of nitrogens with one attached hydrogen (secondary N) is 1. The fourth-order valence-corrected chi connectivity index (χ4v) is 2.41. The van der Waals surface area contributed by atoms with E-state index in [0.717, 1.165) is 0 Å². The molecule has 0 unspecified atom stereocenters. The number of H-pyrrole nitrogens is 1. The van der Waals surface area contributed by atoms with Crippen LogP contribution in [-0.4, -0.2) is 4.98 Å². The molecule has 16 heavy (non-hydrogen) atoms. The first-order valence-corrected chi connectivity index (χ1v) is 6.09. The average Bonchev–Trinajstić information content (AvgIpc) is 2.96. The van der Waals surface area contributed by atoms with E-state index in [0.29, 0.717) is 0 Å². The molecule has 1 N–H and O–H groups in total. The Labute approximate surface area is 98.1 Å². The Morgan fingerprint density at radius 2 is 1.94 bits per heavy atom. The minimum absolute atomic E-state index is 1.19. The normalized spacial score (nSPS) is 11.5. The van der Waals surface area contributed by atoms with E-state index < -0.39 is 0 Å². The molecule has 0 saturated carbocycles. The van der Waals surface area contributed by atoms with E-state index in [4.69, 9.17) is 0 Å². The summed E-state index contributed by atoms with van der Waals surface area (Å²) in [4.78, 5) is 4.55. The SMILES string of the molecule is C(=C\c1c[nH]c2ccccc12)/c1cccs1. The Morgan fingerprint density at radius 1 is 1.00 bits per heavy atom. The quantitative estimate of drug-likeness (QED) is 0.665. The number of fused-ring (bicyclic) bond motifs is 1. The fourth-order valence-electron chi connectivity index (χ4n) is 1.79. The lowest BCUT2D eigenvalue weighted by molar-refractivity contribution is 1.47. The molecule has 3 rings (SSSR count). The molecule has 0 amide bonds. The third-order valence-corrected chi connectivity index (χ3v) is 3.43. The molecule has 2 heterocycles. The molecule has 1 nitrogen and oxygen atoms in total. The minimum atomic E-state index is 1.19. The van der Waals surface area contributed by atoms with Gasteiger partial charge in [-0.2, -0.15) is 0 Å². The molecule has 0 aliphatic carbocycles. The van der Waals surface area contributed by atoms with Gasteiger partial charge in [0.15, 0.2) is 0 Å². The topological polar surface area (TPSA) is 15.8 Å². The molecule has 1 aromatic carbocycles. The van der Waals surface area contributed by atoms with Gasteiger partial charge in [0.1, 0.15) is 0 Å². The number of rotatable bonds is 2. The van der Waals surface area contributed by atoms with Crippen LogP contribution in [0.2, 0.25) is 0 Å². The van der Waals surface area contributed by atoms with Crippen molar-refractivity contribution in [3.63, 3.8) is 0 Å². The number of benzene rings is 1. The van der Waals surface area contributed by atoms with Gasteiger partial charge in [-0.1, -0.05) is 30.3 Å². The first-order chi connectivity index (χ1) is 7.93. The van der Waals surface area contributed by atoms with Gasteiger partial charge in [0.2, 0.25) is 0 Å². The summed E-state index contributed by atoms with van der Waals surface area (Å²) in [6, 6.07) is 12.5. The van der Waals surface area contributed by atoms with Gasteiger partial charge < -0.3 is 4.98 Å². The summed E-state index contributed by atoms with van der Waals surface area (Å²) in [7, 11) is 0. The predicted molar refractivity (Wildman–Crippen MR) is 71.5 cm³/mol. The zero-order valence-corrected chi connectivity index (χ0v) is 9.50. The number of hydrogen-bond donors (Lipinski definition) is 1. The van der Waals surface area contributed by atoms with Crippen LogP contribution < -0.4 is 0 Å². The van der Waals surface area contributed by atoms with Crippen LogP contribution in [0.3, 0.4) is 0 Å². The van der Waals surface area contributed by atoms with Crippen molar-refractivity contribution in [2.45, 2.75) is 0 Å². The van der Waals surface area contributed by atoms with Gasteiger partial charge in [-0.05, 0) is 29.2 Å². The van der Waals surface area contributed by atoms with Crippen molar-refractivity contribution < 1.29 is 0 Å². The first kappa shape index (κ1) is 9.43. The van der Waals surface area contributed by atoms with E-state index in [1.165, 1.54) is 21.3 Å². The standard InChI is InChI=1S/C14H11NS/c1-2-6-14-13(5-1)11(10-15-14)7-8-12-4-3-9-16-12/h1-10,15H/b8-7+. The molecule has 78 valence electrons. The molecule has 2 aromatic heterocycles. The number of hydrogen-bond acceptors (Lipinski definition) is 1. The van der Waals surface area contributed by atoms with Gasteiger partial charge in [-0.15, -0.1) is 11.3 Å². The molecule has 0 aliphatic rings. The Bertz CT molecular complexity index is 617. The molecule has 3 aromatic rings. The third-order valence-electron chi connectivity index (χ3n) is 2.59. The molecule has 0 saturated heterocycles. The van der Waals surface area contributed by atoms with Crippen LogP contribution in [0.5, 0.6) is 0 Å². The second kappa shape index (κ2) is 3.99. The Hall–Kier alpha value is -1.80. The summed E-state index contributed by atoms with van der Waals surface area (Å²) in [5.74, 6) is 0. The minimum Gasteiger partial charge on any atom is -0.361 e. The maximum atomic E-state index is 3.27. The summed E-state index contributed by atoms with van der Waals surface area (Å²) in [6.45, 7) is 0. The van der Waals surface area contributed by atoms with Crippen LogP contribution in [-0.2, 0) is 0 Å². The van der Waals surface area contributed by atoms with Crippen LogP contribution >= 0.6 is 11.3 Å². The third kappa shape index (κ3) is 1.68. The van der Waals surface area contributed by atoms with Gasteiger partial charge in [-0.25, -0.2) is 0 Å². The van der Waals surface area contributed by atoms with Crippen molar-refractivity contribution in [1.82, 2.24) is 4.98 Å². The number of thiophene rings is 1. The summed E-state index contributed by atoms with van der Waals surface area (Å²) >= 11 is 1.75. The maximum absolute atomic E-state index is 3.27. The number of aromatic nitrogens is 1. The van der Waals surface area contributed by atoms with Gasteiger partial charge in [0.25, 0.3) is 0 Å². The van der Waals surface area contributed by atoms with E-state index >= 15 is 0 Å². The monoisotopic (exact) mass is 225 g/mol. The maximum Gasteiger partial charge on any atom is 0.0460 e. The summed E-state index contributed by atoms with van der Waals surface area (Å²) in [6.07, 6.45) is 6.36. The highest BCUT2D eigenvalue weighted by molar-refractivity contribution is 7.10. The molecule has 0 radical (unpaired) electrons. The van der Waals surface area contributed by atoms with Crippen molar-refractivity contribution in [3.8, 4) is 0 Å². The highest BCUT2D eigenvalue weighted by Gasteiger charge is 1.98. The van der Waals surface area contributed by atoms with Gasteiger partial charge in [-0.3, -0.25) is 0 Å². The molecule has 0 fully saturated rings. The fraction of sp³-hybridized carbons (Fsp3) is 0. The van der Waals surface area contributed by atoms with Crippen LogP contribution in [0, 0.1) is 0 Å². The van der Waals surface area contributed by atoms with E-state index in [9.17, 15) is 0 Å². The second-order valence-electron chi connectivity index (χ2n) is 3.64. The van der Waals surface area contributed by atoms with E-state index in [1.807, 2.05) is 6.07 Å². The van der Waals surface area contributed by atoms with Crippen molar-refractivity contribution in [2.24, 2.45) is 0 Å². The molecular weight excluding hydrogens is 214 g/mol. The zero-order chi connectivity index (χ0) is 10.8. The number of para-hydroxylation sites is 1. The lowest BCUT2D eigenvalue weighted by Gasteiger charge is -1.90. The molecule has 0 aliphatic heterocycles. The molecule has 0 atom stereocenters. The molecule has 0 bridgehead atoms. The van der Waals surface area contributed by atoms with E-state index in [1.54, 1.807) is 11.3 Å². The summed E-state index contributed by atoms with van der Waals surface area (Å²) in [5.41, 5.74) is 2.43. The smallest absolute Gasteiger partial charge is 0.0460 e. The highest BCUT2D eigenvalue weighted by atomic mass is 32.1. The molecule has 0 spiro atoms. The van der Waals surface area contributed by atoms with Crippen LogP contribution in [0.15, 0.2) is 48.0 Å². The van der Waals surface area contributed by atoms with Crippen molar-refractivity contribution in [2.75, 3.05) is 0 Å². The van der Waals surface area contributed by atoms with Gasteiger partial charge >= 0.3 is 0 Å². The molecular formula is C14H11NS. The lowest BCUT2D eigenvalue weighted by atomic mass is 10.1. The van der Waals surface area contributed by atoms with Crippen molar-refractivity contribution >= 4 is 34.4 Å². The zero-order valence-electron chi connectivity index (χ0n) is 8.68. The number of aromatic amines is 1. The van der Waals surface area contributed by atoms with E-state index in [2.05, 4.69) is 59.0 Å². The first-order valence-electron chi connectivity index (χ1n) is 5.21. The van der Waals surface area contributed by atoms with Crippen LogP contribution in [0.1, 0.15) is 10.4 Å². The Morgan fingerprint density at radius 3 is 2.81 bits per heavy atom. The van der Waals surface area contributed by atoms with Crippen LogP contribution in [0.25, 0.3) is 23.1 Å². The average molecular weight is 225 g/mol. The van der Waals surface area contributed by atoms with Crippen molar-refractivity contribution in [1.29, 1.82) is 0 Å². The van der Waals surface area contributed by atoms with Crippen molar-refractivity contribution in [3.05, 3.63) is 58.4 Å². The van der Waals surface area contributed by atoms with Gasteiger partial charge in [0.05, 0.1) is 0 Å². The summed E-state index contributed by atoms with van der Waals surface area (Å²) in [5, 5.41) is 3.37. The molecule has 2 heteroatoms.